The van der Waals surface area contributed by atoms with Gasteiger partial charge in [-0.15, -0.1) is 0 Å². The Morgan fingerprint density at radius 3 is 2.50 bits per heavy atom. The van der Waals surface area contributed by atoms with Gasteiger partial charge in [-0.05, 0) is 42.8 Å². The molecule has 2 nitrogen and oxygen atoms in total. The summed E-state index contributed by atoms with van der Waals surface area (Å²) in [5.74, 6) is 0.496. The van der Waals surface area contributed by atoms with Crippen LogP contribution >= 0.6 is 0 Å². The summed E-state index contributed by atoms with van der Waals surface area (Å²) in [4.78, 5) is 0. The van der Waals surface area contributed by atoms with E-state index in [0.717, 1.165) is 17.0 Å². The maximum atomic E-state index is 13.6. The van der Waals surface area contributed by atoms with Crippen molar-refractivity contribution in [2.75, 3.05) is 5.32 Å². The molecule has 0 saturated carbocycles. The van der Waals surface area contributed by atoms with E-state index in [0.29, 0.717) is 12.1 Å². The summed E-state index contributed by atoms with van der Waals surface area (Å²) in [5, 5.41) is 3.38. The third-order valence-corrected chi connectivity index (χ3v) is 3.80. The third-order valence-electron chi connectivity index (χ3n) is 3.80. The van der Waals surface area contributed by atoms with Gasteiger partial charge in [0.15, 0.2) is 0 Å². The first-order chi connectivity index (χ1) is 11.7. The molecule has 3 heteroatoms. The van der Waals surface area contributed by atoms with Gasteiger partial charge in [0.2, 0.25) is 0 Å². The van der Waals surface area contributed by atoms with Gasteiger partial charge in [-0.1, -0.05) is 48.0 Å². The van der Waals surface area contributed by atoms with E-state index < -0.39 is 0 Å². The monoisotopic (exact) mass is 321 g/mol. The van der Waals surface area contributed by atoms with Crippen molar-refractivity contribution in [2.24, 2.45) is 0 Å². The molecule has 0 aliphatic carbocycles. The number of hydrogen-bond donors (Lipinski definition) is 1. The molecule has 3 aromatic rings. The molecule has 24 heavy (non-hydrogen) atoms. The number of halogens is 1. The van der Waals surface area contributed by atoms with Gasteiger partial charge in [0.1, 0.15) is 18.2 Å². The quantitative estimate of drug-likeness (QED) is 0.663. The molecule has 0 bridgehead atoms. The highest BCUT2D eigenvalue weighted by atomic mass is 19.1. The van der Waals surface area contributed by atoms with Gasteiger partial charge in [0, 0.05) is 17.8 Å². The lowest BCUT2D eigenvalue weighted by Gasteiger charge is -2.10. The van der Waals surface area contributed by atoms with Crippen LogP contribution in [0.15, 0.2) is 72.8 Å². The SMILES string of the molecule is Cc1ccc(NCc2cccc(OCc3ccccc3F)c2)cc1. The second-order valence-corrected chi connectivity index (χ2v) is 5.75. The zero-order valence-corrected chi connectivity index (χ0v) is 13.6. The Morgan fingerprint density at radius 2 is 1.71 bits per heavy atom. The Morgan fingerprint density at radius 1 is 0.917 bits per heavy atom. The molecule has 0 radical (unpaired) electrons. The maximum absolute atomic E-state index is 13.6. The average Bonchev–Trinajstić information content (AvgIpc) is 2.61. The fourth-order valence-corrected chi connectivity index (χ4v) is 2.40. The lowest BCUT2D eigenvalue weighted by Crippen LogP contribution is -2.01. The molecule has 3 rings (SSSR count). The lowest BCUT2D eigenvalue weighted by molar-refractivity contribution is 0.299. The molecule has 0 unspecified atom stereocenters. The molecule has 0 saturated heterocycles. The van der Waals surface area contributed by atoms with Crippen molar-refractivity contribution in [3.63, 3.8) is 0 Å². The minimum Gasteiger partial charge on any atom is -0.489 e. The van der Waals surface area contributed by atoms with Crippen LogP contribution in [-0.4, -0.2) is 0 Å². The minimum absolute atomic E-state index is 0.224. The number of ether oxygens (including phenoxy) is 1. The van der Waals surface area contributed by atoms with Crippen molar-refractivity contribution in [1.82, 2.24) is 0 Å². The molecule has 0 aliphatic heterocycles. The van der Waals surface area contributed by atoms with E-state index in [2.05, 4.69) is 36.5 Å². The van der Waals surface area contributed by atoms with Crippen molar-refractivity contribution >= 4 is 5.69 Å². The lowest BCUT2D eigenvalue weighted by atomic mass is 10.2. The number of benzene rings is 3. The fourth-order valence-electron chi connectivity index (χ4n) is 2.40. The van der Waals surface area contributed by atoms with Crippen molar-refractivity contribution in [3.8, 4) is 5.75 Å². The summed E-state index contributed by atoms with van der Waals surface area (Å²) in [6.45, 7) is 3.00. The summed E-state index contributed by atoms with van der Waals surface area (Å²) in [6.07, 6.45) is 0. The highest BCUT2D eigenvalue weighted by molar-refractivity contribution is 5.45. The summed E-state index contributed by atoms with van der Waals surface area (Å²) in [7, 11) is 0. The maximum Gasteiger partial charge on any atom is 0.129 e. The van der Waals surface area contributed by atoms with Gasteiger partial charge in [-0.2, -0.15) is 0 Å². The Bertz CT molecular complexity index is 799. The zero-order valence-electron chi connectivity index (χ0n) is 13.6. The van der Waals surface area contributed by atoms with Gasteiger partial charge in [0.05, 0.1) is 0 Å². The van der Waals surface area contributed by atoms with Crippen molar-refractivity contribution in [3.05, 3.63) is 95.3 Å². The molecular weight excluding hydrogens is 301 g/mol. The van der Waals surface area contributed by atoms with Gasteiger partial charge >= 0.3 is 0 Å². The number of rotatable bonds is 6. The van der Waals surface area contributed by atoms with Crippen molar-refractivity contribution < 1.29 is 9.13 Å². The minimum atomic E-state index is -0.241. The number of anilines is 1. The smallest absolute Gasteiger partial charge is 0.129 e. The van der Waals surface area contributed by atoms with Crippen molar-refractivity contribution in [1.29, 1.82) is 0 Å². The predicted octanol–water partition coefficient (Wildman–Crippen LogP) is 5.33. The van der Waals surface area contributed by atoms with Crippen LogP contribution in [0, 0.1) is 12.7 Å². The van der Waals surface area contributed by atoms with Gasteiger partial charge < -0.3 is 10.1 Å². The highest BCUT2D eigenvalue weighted by Gasteiger charge is 2.03. The van der Waals surface area contributed by atoms with E-state index in [9.17, 15) is 4.39 Å². The fraction of sp³-hybridized carbons (Fsp3) is 0.143. The summed E-state index contributed by atoms with van der Waals surface area (Å²) in [5.41, 5.74) is 3.99. The molecule has 0 aromatic heterocycles. The molecule has 0 aliphatic rings. The largest absolute Gasteiger partial charge is 0.489 e. The van der Waals surface area contributed by atoms with Crippen LogP contribution in [0.1, 0.15) is 16.7 Å². The molecule has 0 amide bonds. The first kappa shape index (κ1) is 16.1. The highest BCUT2D eigenvalue weighted by Crippen LogP contribution is 2.18. The van der Waals surface area contributed by atoms with Gasteiger partial charge in [-0.3, -0.25) is 0 Å². The Kier molecular flexibility index (Phi) is 5.12. The van der Waals surface area contributed by atoms with Crippen LogP contribution in [0.3, 0.4) is 0 Å². The molecule has 0 spiro atoms. The van der Waals surface area contributed by atoms with Crippen LogP contribution in [0.5, 0.6) is 5.75 Å². The molecule has 3 aromatic carbocycles. The van der Waals surface area contributed by atoms with Crippen LogP contribution in [0.4, 0.5) is 10.1 Å². The van der Waals surface area contributed by atoms with E-state index >= 15 is 0 Å². The zero-order chi connectivity index (χ0) is 16.8. The van der Waals surface area contributed by atoms with Crippen LogP contribution < -0.4 is 10.1 Å². The van der Waals surface area contributed by atoms with Crippen LogP contribution in [-0.2, 0) is 13.2 Å². The molecule has 0 fully saturated rings. The number of nitrogens with one attached hydrogen (secondary N) is 1. The molecule has 0 atom stereocenters. The van der Waals surface area contributed by atoms with Crippen LogP contribution in [0.2, 0.25) is 0 Å². The first-order valence-electron chi connectivity index (χ1n) is 7.96. The van der Waals surface area contributed by atoms with Crippen LogP contribution in [0.25, 0.3) is 0 Å². The van der Waals surface area contributed by atoms with Gasteiger partial charge in [-0.25, -0.2) is 4.39 Å². The second kappa shape index (κ2) is 7.64. The summed E-state index contributed by atoms with van der Waals surface area (Å²) in [6, 6.07) is 22.8. The average molecular weight is 321 g/mol. The molecular formula is C21H20FNO. The third kappa shape index (κ3) is 4.35. The van der Waals surface area contributed by atoms with E-state index in [1.807, 2.05) is 30.3 Å². The summed E-state index contributed by atoms with van der Waals surface area (Å²) < 4.78 is 19.3. The Balaban J connectivity index is 1.59. The Hall–Kier alpha value is -2.81. The van der Waals surface area contributed by atoms with E-state index in [1.54, 1.807) is 12.1 Å². The molecule has 0 heterocycles. The van der Waals surface area contributed by atoms with E-state index in [4.69, 9.17) is 4.74 Å². The second-order valence-electron chi connectivity index (χ2n) is 5.75. The topological polar surface area (TPSA) is 21.3 Å². The number of hydrogen-bond acceptors (Lipinski definition) is 2. The Labute approximate surface area is 141 Å². The first-order valence-corrected chi connectivity index (χ1v) is 7.96. The predicted molar refractivity (Wildman–Crippen MR) is 95.7 cm³/mol. The summed E-state index contributed by atoms with van der Waals surface area (Å²) >= 11 is 0. The van der Waals surface area contributed by atoms with Gasteiger partial charge in [0.25, 0.3) is 0 Å². The standard InChI is InChI=1S/C21H20FNO/c1-16-9-11-19(12-10-16)23-14-17-5-4-7-20(13-17)24-15-18-6-2-3-8-21(18)22/h2-13,23H,14-15H2,1H3. The number of aryl methyl sites for hydroxylation is 1. The molecule has 122 valence electrons. The van der Waals surface area contributed by atoms with E-state index in [1.165, 1.54) is 11.6 Å². The van der Waals surface area contributed by atoms with Crippen molar-refractivity contribution in [2.45, 2.75) is 20.1 Å². The molecule has 1 N–H and O–H groups in total. The van der Waals surface area contributed by atoms with E-state index in [-0.39, 0.29) is 12.4 Å². The normalized spacial score (nSPS) is 10.4.